The summed E-state index contributed by atoms with van der Waals surface area (Å²) < 4.78 is 5.18. The second kappa shape index (κ2) is 6.97. The van der Waals surface area contributed by atoms with Crippen LogP contribution in [0.4, 0.5) is 5.69 Å². The first-order valence-electron chi connectivity index (χ1n) is 7.62. The predicted octanol–water partition coefficient (Wildman–Crippen LogP) is 4.65. The minimum absolute atomic E-state index is 0.0304. The van der Waals surface area contributed by atoms with Gasteiger partial charge in [0, 0.05) is 11.6 Å². The van der Waals surface area contributed by atoms with Crippen LogP contribution in [0.1, 0.15) is 15.9 Å². The van der Waals surface area contributed by atoms with Crippen LogP contribution in [0.5, 0.6) is 5.75 Å². The molecule has 5 heteroatoms. The second-order valence-corrected chi connectivity index (χ2v) is 5.44. The Morgan fingerprint density at radius 2 is 1.76 bits per heavy atom. The molecule has 0 N–H and O–H groups in total. The molecule has 0 aromatic heterocycles. The molecule has 0 saturated heterocycles. The number of carbonyl (C=O) groups excluding carboxylic acids is 1. The maximum atomic E-state index is 12.4. The van der Waals surface area contributed by atoms with Crippen LogP contribution in [0.2, 0.25) is 0 Å². The standard InChI is InChI=1S/C20H15NO4/c1-25-18-10-8-15-12-17(7-6-16(15)13-18)20(22)11-9-14-4-2-3-5-19(14)21(23)24/h2-13H,1H3. The van der Waals surface area contributed by atoms with E-state index in [1.165, 1.54) is 18.2 Å². The summed E-state index contributed by atoms with van der Waals surface area (Å²) >= 11 is 0. The number of rotatable bonds is 5. The van der Waals surface area contributed by atoms with Crippen LogP contribution < -0.4 is 4.74 Å². The van der Waals surface area contributed by atoms with Crippen molar-refractivity contribution in [1.82, 2.24) is 0 Å². The van der Waals surface area contributed by atoms with Gasteiger partial charge in [-0.25, -0.2) is 0 Å². The first kappa shape index (κ1) is 16.4. The minimum Gasteiger partial charge on any atom is -0.497 e. The number of hydrogen-bond acceptors (Lipinski definition) is 4. The van der Waals surface area contributed by atoms with E-state index in [-0.39, 0.29) is 11.5 Å². The second-order valence-electron chi connectivity index (χ2n) is 5.44. The number of ketones is 1. The molecule has 0 atom stereocenters. The molecular formula is C20H15NO4. The molecule has 3 rings (SSSR count). The third kappa shape index (κ3) is 3.55. The molecule has 0 bridgehead atoms. The number of carbonyl (C=O) groups is 1. The number of nitro groups is 1. The zero-order chi connectivity index (χ0) is 17.8. The van der Waals surface area contributed by atoms with Crippen LogP contribution in [0.3, 0.4) is 0 Å². The Morgan fingerprint density at radius 3 is 2.52 bits per heavy atom. The van der Waals surface area contributed by atoms with E-state index in [2.05, 4.69) is 0 Å². The fourth-order valence-corrected chi connectivity index (χ4v) is 2.56. The summed E-state index contributed by atoms with van der Waals surface area (Å²) in [6.45, 7) is 0. The summed E-state index contributed by atoms with van der Waals surface area (Å²) in [7, 11) is 1.60. The fourth-order valence-electron chi connectivity index (χ4n) is 2.56. The van der Waals surface area contributed by atoms with Crippen molar-refractivity contribution in [3.05, 3.63) is 88.0 Å². The van der Waals surface area contributed by atoms with Crippen molar-refractivity contribution in [2.24, 2.45) is 0 Å². The molecule has 124 valence electrons. The zero-order valence-corrected chi connectivity index (χ0v) is 13.5. The number of para-hydroxylation sites is 1. The molecule has 0 aliphatic carbocycles. The molecule has 0 fully saturated rings. The largest absolute Gasteiger partial charge is 0.497 e. The maximum Gasteiger partial charge on any atom is 0.276 e. The van der Waals surface area contributed by atoms with Gasteiger partial charge in [-0.05, 0) is 47.2 Å². The number of nitrogens with zero attached hydrogens (tertiary/aromatic N) is 1. The molecule has 3 aromatic carbocycles. The Labute approximate surface area is 144 Å². The average Bonchev–Trinajstić information content (AvgIpc) is 2.65. The van der Waals surface area contributed by atoms with Gasteiger partial charge in [0.25, 0.3) is 5.69 Å². The third-order valence-electron chi connectivity index (χ3n) is 3.88. The van der Waals surface area contributed by atoms with E-state index in [1.54, 1.807) is 37.4 Å². The number of allylic oxidation sites excluding steroid dienone is 1. The normalized spacial score (nSPS) is 10.9. The van der Waals surface area contributed by atoms with E-state index in [0.717, 1.165) is 16.5 Å². The van der Waals surface area contributed by atoms with Gasteiger partial charge in [0.05, 0.1) is 17.6 Å². The van der Waals surface area contributed by atoms with Crippen molar-refractivity contribution in [3.8, 4) is 5.75 Å². The smallest absolute Gasteiger partial charge is 0.276 e. The van der Waals surface area contributed by atoms with E-state index in [1.807, 2.05) is 24.3 Å². The van der Waals surface area contributed by atoms with Crippen molar-refractivity contribution in [3.63, 3.8) is 0 Å². The monoisotopic (exact) mass is 333 g/mol. The summed E-state index contributed by atoms with van der Waals surface area (Å²) in [5.41, 5.74) is 0.885. The van der Waals surface area contributed by atoms with Crippen molar-refractivity contribution >= 4 is 28.3 Å². The Kier molecular flexibility index (Phi) is 4.57. The van der Waals surface area contributed by atoms with Gasteiger partial charge in [0.1, 0.15) is 5.75 Å². The molecule has 0 unspecified atom stereocenters. The van der Waals surface area contributed by atoms with Gasteiger partial charge < -0.3 is 4.74 Å². The highest BCUT2D eigenvalue weighted by Gasteiger charge is 2.10. The van der Waals surface area contributed by atoms with Crippen molar-refractivity contribution < 1.29 is 14.5 Å². The van der Waals surface area contributed by atoms with E-state index in [4.69, 9.17) is 4.74 Å². The van der Waals surface area contributed by atoms with Gasteiger partial charge in [0.15, 0.2) is 5.78 Å². The van der Waals surface area contributed by atoms with Gasteiger partial charge in [-0.3, -0.25) is 14.9 Å². The van der Waals surface area contributed by atoms with Gasteiger partial charge in [0.2, 0.25) is 0 Å². The molecule has 0 spiro atoms. The molecular weight excluding hydrogens is 318 g/mol. The van der Waals surface area contributed by atoms with Crippen molar-refractivity contribution in [2.75, 3.05) is 7.11 Å². The van der Waals surface area contributed by atoms with E-state index < -0.39 is 4.92 Å². The highest BCUT2D eigenvalue weighted by molar-refractivity contribution is 6.08. The minimum atomic E-state index is -0.465. The molecule has 0 heterocycles. The van der Waals surface area contributed by atoms with Gasteiger partial charge in [-0.2, -0.15) is 0 Å². The van der Waals surface area contributed by atoms with Gasteiger partial charge in [-0.15, -0.1) is 0 Å². The van der Waals surface area contributed by atoms with Crippen LogP contribution in [0.15, 0.2) is 66.7 Å². The van der Waals surface area contributed by atoms with Crippen molar-refractivity contribution in [2.45, 2.75) is 0 Å². The number of hydrogen-bond donors (Lipinski definition) is 0. The van der Waals surface area contributed by atoms with E-state index in [0.29, 0.717) is 11.1 Å². The number of methoxy groups -OCH3 is 1. The summed E-state index contributed by atoms with van der Waals surface area (Å²) in [4.78, 5) is 22.9. The zero-order valence-electron chi connectivity index (χ0n) is 13.5. The molecule has 5 nitrogen and oxygen atoms in total. The quantitative estimate of drug-likeness (QED) is 0.295. The summed E-state index contributed by atoms with van der Waals surface area (Å²) in [6, 6.07) is 17.3. The number of nitro benzene ring substituents is 1. The van der Waals surface area contributed by atoms with Crippen LogP contribution in [-0.2, 0) is 0 Å². The average molecular weight is 333 g/mol. The summed E-state index contributed by atoms with van der Waals surface area (Å²) in [5.74, 6) is 0.540. The van der Waals surface area contributed by atoms with E-state index in [9.17, 15) is 14.9 Å². The van der Waals surface area contributed by atoms with Crippen LogP contribution in [0, 0.1) is 10.1 Å². The fraction of sp³-hybridized carbons (Fsp3) is 0.0500. The molecule has 0 aliphatic heterocycles. The summed E-state index contributed by atoms with van der Waals surface area (Å²) in [6.07, 6.45) is 2.83. The Hall–Kier alpha value is -3.47. The maximum absolute atomic E-state index is 12.4. The first-order valence-corrected chi connectivity index (χ1v) is 7.62. The number of ether oxygens (including phenoxy) is 1. The molecule has 0 aliphatic rings. The van der Waals surface area contributed by atoms with Crippen molar-refractivity contribution in [1.29, 1.82) is 0 Å². The predicted molar refractivity (Wildman–Crippen MR) is 97.0 cm³/mol. The molecule has 3 aromatic rings. The first-order chi connectivity index (χ1) is 12.1. The Balaban J connectivity index is 1.88. The molecule has 0 saturated carbocycles. The summed E-state index contributed by atoms with van der Waals surface area (Å²) in [5, 5.41) is 12.9. The SMILES string of the molecule is COc1ccc2cc(C(=O)C=Cc3ccccc3[N+](=O)[O-])ccc2c1. The van der Waals surface area contributed by atoms with Crippen LogP contribution in [-0.4, -0.2) is 17.8 Å². The number of fused-ring (bicyclic) bond motifs is 1. The highest BCUT2D eigenvalue weighted by atomic mass is 16.6. The van der Waals surface area contributed by atoms with Crippen LogP contribution in [0.25, 0.3) is 16.8 Å². The van der Waals surface area contributed by atoms with Gasteiger partial charge in [-0.1, -0.05) is 30.3 Å². The van der Waals surface area contributed by atoms with Crippen LogP contribution >= 0.6 is 0 Å². The lowest BCUT2D eigenvalue weighted by molar-refractivity contribution is -0.385. The molecule has 0 radical (unpaired) electrons. The lowest BCUT2D eigenvalue weighted by atomic mass is 10.0. The Bertz CT molecular complexity index is 992. The third-order valence-corrected chi connectivity index (χ3v) is 3.88. The Morgan fingerprint density at radius 1 is 1.04 bits per heavy atom. The lowest BCUT2D eigenvalue weighted by Gasteiger charge is -2.04. The topological polar surface area (TPSA) is 69.4 Å². The highest BCUT2D eigenvalue weighted by Crippen LogP contribution is 2.23. The molecule has 25 heavy (non-hydrogen) atoms. The molecule has 0 amide bonds. The van der Waals surface area contributed by atoms with E-state index >= 15 is 0 Å². The number of benzene rings is 3. The van der Waals surface area contributed by atoms with Gasteiger partial charge >= 0.3 is 0 Å². The lowest BCUT2D eigenvalue weighted by Crippen LogP contribution is -1.95.